The summed E-state index contributed by atoms with van der Waals surface area (Å²) >= 11 is 0. The number of hydrogen-bond donors (Lipinski definition) is 0. The Balaban J connectivity index is 1.75. The molecule has 0 bridgehead atoms. The van der Waals surface area contributed by atoms with E-state index in [1.54, 1.807) is 25.5 Å². The Bertz CT molecular complexity index is 604. The van der Waals surface area contributed by atoms with E-state index in [9.17, 15) is 4.79 Å². The smallest absolute Gasteiger partial charge is 0.289 e. The summed E-state index contributed by atoms with van der Waals surface area (Å²) in [6, 6.07) is 11.7. The van der Waals surface area contributed by atoms with E-state index in [0.717, 1.165) is 38.1 Å². The molecule has 3 rings (SSSR count). The standard InChI is InChI=1S/C18H21NO3/c1-21-16-9-7-14(8-10-16)15-5-2-3-11-19(13-15)18(20)17-6-4-12-22-17/h4,6-10,12,15H,2-3,5,11,13H2,1H3. The Morgan fingerprint density at radius 1 is 1.23 bits per heavy atom. The molecular formula is C18H21NO3. The highest BCUT2D eigenvalue weighted by molar-refractivity contribution is 5.91. The number of methoxy groups -OCH3 is 1. The Labute approximate surface area is 130 Å². The fourth-order valence-electron chi connectivity index (χ4n) is 3.03. The fraction of sp³-hybridized carbons (Fsp3) is 0.389. The number of benzene rings is 1. The van der Waals surface area contributed by atoms with Crippen molar-refractivity contribution in [2.45, 2.75) is 25.2 Å². The summed E-state index contributed by atoms with van der Waals surface area (Å²) in [4.78, 5) is 14.4. The minimum absolute atomic E-state index is 0.00888. The van der Waals surface area contributed by atoms with Crippen LogP contribution in [-0.4, -0.2) is 31.0 Å². The van der Waals surface area contributed by atoms with Crippen LogP contribution >= 0.6 is 0 Å². The first-order valence-corrected chi connectivity index (χ1v) is 7.74. The van der Waals surface area contributed by atoms with E-state index in [-0.39, 0.29) is 5.91 Å². The predicted octanol–water partition coefficient (Wildman–Crippen LogP) is 3.70. The van der Waals surface area contributed by atoms with E-state index in [1.807, 2.05) is 17.0 Å². The number of nitrogens with zero attached hydrogens (tertiary/aromatic N) is 1. The van der Waals surface area contributed by atoms with Gasteiger partial charge < -0.3 is 14.1 Å². The Morgan fingerprint density at radius 2 is 2.05 bits per heavy atom. The minimum Gasteiger partial charge on any atom is -0.497 e. The average Bonchev–Trinajstić information content (AvgIpc) is 2.99. The molecule has 1 saturated heterocycles. The number of furan rings is 1. The third-order valence-electron chi connectivity index (χ3n) is 4.28. The number of carbonyl (C=O) groups excluding carboxylic acids is 1. The molecule has 4 heteroatoms. The second-order valence-electron chi connectivity index (χ2n) is 5.69. The van der Waals surface area contributed by atoms with Crippen molar-refractivity contribution in [2.24, 2.45) is 0 Å². The first kappa shape index (κ1) is 14.7. The van der Waals surface area contributed by atoms with Crippen molar-refractivity contribution in [1.82, 2.24) is 4.90 Å². The Hall–Kier alpha value is -2.23. The van der Waals surface area contributed by atoms with E-state index >= 15 is 0 Å². The monoisotopic (exact) mass is 299 g/mol. The van der Waals surface area contributed by atoms with Crippen molar-refractivity contribution in [3.05, 3.63) is 54.0 Å². The van der Waals surface area contributed by atoms with E-state index in [4.69, 9.17) is 9.15 Å². The van der Waals surface area contributed by atoms with Gasteiger partial charge in [0.2, 0.25) is 0 Å². The number of hydrogen-bond acceptors (Lipinski definition) is 3. The zero-order chi connectivity index (χ0) is 15.4. The molecule has 0 N–H and O–H groups in total. The lowest BCUT2D eigenvalue weighted by Crippen LogP contribution is -2.33. The first-order chi connectivity index (χ1) is 10.8. The third kappa shape index (κ3) is 3.16. The Kier molecular flexibility index (Phi) is 4.47. The fourth-order valence-corrected chi connectivity index (χ4v) is 3.03. The molecule has 0 spiro atoms. The number of ether oxygens (including phenoxy) is 1. The van der Waals surface area contributed by atoms with Gasteiger partial charge in [-0.2, -0.15) is 0 Å². The van der Waals surface area contributed by atoms with Gasteiger partial charge in [0.25, 0.3) is 5.91 Å². The summed E-state index contributed by atoms with van der Waals surface area (Å²) in [5.74, 6) is 1.65. The third-order valence-corrected chi connectivity index (χ3v) is 4.28. The molecule has 2 heterocycles. The molecule has 2 aromatic rings. The van der Waals surface area contributed by atoms with Crippen molar-refractivity contribution in [2.75, 3.05) is 20.2 Å². The van der Waals surface area contributed by atoms with Crippen LogP contribution in [0.25, 0.3) is 0 Å². The van der Waals surface area contributed by atoms with Crippen LogP contribution in [0.1, 0.15) is 41.3 Å². The van der Waals surface area contributed by atoms with Gasteiger partial charge in [0.05, 0.1) is 13.4 Å². The van der Waals surface area contributed by atoms with Gasteiger partial charge in [0.15, 0.2) is 5.76 Å². The van der Waals surface area contributed by atoms with Gasteiger partial charge in [-0.05, 0) is 42.7 Å². The van der Waals surface area contributed by atoms with Crippen molar-refractivity contribution in [1.29, 1.82) is 0 Å². The summed E-state index contributed by atoms with van der Waals surface area (Å²) in [5, 5.41) is 0. The topological polar surface area (TPSA) is 42.7 Å². The van der Waals surface area contributed by atoms with Crippen LogP contribution in [0.4, 0.5) is 0 Å². The van der Waals surface area contributed by atoms with Crippen LogP contribution in [0.2, 0.25) is 0 Å². The number of rotatable bonds is 3. The van der Waals surface area contributed by atoms with E-state index < -0.39 is 0 Å². The van der Waals surface area contributed by atoms with Gasteiger partial charge >= 0.3 is 0 Å². The molecule has 1 amide bonds. The summed E-state index contributed by atoms with van der Waals surface area (Å²) in [6.45, 7) is 1.54. The van der Waals surface area contributed by atoms with E-state index in [2.05, 4.69) is 12.1 Å². The highest BCUT2D eigenvalue weighted by Crippen LogP contribution is 2.28. The average molecular weight is 299 g/mol. The molecule has 0 saturated carbocycles. The molecular weight excluding hydrogens is 278 g/mol. The van der Waals surface area contributed by atoms with Crippen LogP contribution in [0, 0.1) is 0 Å². The van der Waals surface area contributed by atoms with Crippen molar-refractivity contribution in [3.63, 3.8) is 0 Å². The van der Waals surface area contributed by atoms with Crippen LogP contribution in [-0.2, 0) is 0 Å². The maximum atomic E-state index is 12.5. The van der Waals surface area contributed by atoms with Crippen LogP contribution < -0.4 is 4.74 Å². The summed E-state index contributed by atoms with van der Waals surface area (Å²) in [7, 11) is 1.67. The van der Waals surface area contributed by atoms with E-state index in [1.165, 1.54) is 5.56 Å². The molecule has 0 aliphatic carbocycles. The van der Waals surface area contributed by atoms with Gasteiger partial charge in [-0.25, -0.2) is 0 Å². The quantitative estimate of drug-likeness (QED) is 0.868. The SMILES string of the molecule is COc1ccc(C2CCCCN(C(=O)c3ccco3)C2)cc1. The van der Waals surface area contributed by atoms with Gasteiger partial charge in [0, 0.05) is 19.0 Å². The molecule has 1 atom stereocenters. The predicted molar refractivity (Wildman–Crippen MR) is 84.2 cm³/mol. The molecule has 1 unspecified atom stereocenters. The van der Waals surface area contributed by atoms with Crippen LogP contribution in [0.15, 0.2) is 47.1 Å². The van der Waals surface area contributed by atoms with Gasteiger partial charge in [-0.1, -0.05) is 18.6 Å². The molecule has 0 radical (unpaired) electrons. The Morgan fingerprint density at radius 3 is 2.73 bits per heavy atom. The number of amides is 1. The summed E-state index contributed by atoms with van der Waals surface area (Å²) in [6.07, 6.45) is 4.83. The normalized spacial score (nSPS) is 18.8. The van der Waals surface area contributed by atoms with Crippen molar-refractivity contribution < 1.29 is 13.9 Å². The number of carbonyl (C=O) groups is 1. The maximum Gasteiger partial charge on any atom is 0.289 e. The highest BCUT2D eigenvalue weighted by Gasteiger charge is 2.25. The minimum atomic E-state index is -0.00888. The molecule has 1 aliphatic heterocycles. The van der Waals surface area contributed by atoms with Crippen LogP contribution in [0.3, 0.4) is 0 Å². The highest BCUT2D eigenvalue weighted by atomic mass is 16.5. The van der Waals surface area contributed by atoms with Crippen LogP contribution in [0.5, 0.6) is 5.75 Å². The summed E-state index contributed by atoms with van der Waals surface area (Å²) < 4.78 is 10.5. The molecule has 4 nitrogen and oxygen atoms in total. The molecule has 22 heavy (non-hydrogen) atoms. The molecule has 1 aromatic carbocycles. The zero-order valence-electron chi connectivity index (χ0n) is 12.8. The largest absolute Gasteiger partial charge is 0.497 e. The van der Waals surface area contributed by atoms with Gasteiger partial charge in [0.1, 0.15) is 5.75 Å². The molecule has 1 aromatic heterocycles. The summed E-state index contributed by atoms with van der Waals surface area (Å²) in [5.41, 5.74) is 1.26. The first-order valence-electron chi connectivity index (χ1n) is 7.74. The maximum absolute atomic E-state index is 12.5. The van der Waals surface area contributed by atoms with Crippen molar-refractivity contribution in [3.8, 4) is 5.75 Å². The van der Waals surface area contributed by atoms with Gasteiger partial charge in [-0.15, -0.1) is 0 Å². The second-order valence-corrected chi connectivity index (χ2v) is 5.69. The van der Waals surface area contributed by atoms with E-state index in [0.29, 0.717) is 11.7 Å². The molecule has 1 aliphatic rings. The zero-order valence-corrected chi connectivity index (χ0v) is 12.8. The molecule has 116 valence electrons. The lowest BCUT2D eigenvalue weighted by Gasteiger charge is -2.24. The lowest BCUT2D eigenvalue weighted by atomic mass is 9.94. The molecule has 1 fully saturated rings. The lowest BCUT2D eigenvalue weighted by molar-refractivity contribution is 0.0722. The number of likely N-dealkylation sites (tertiary alicyclic amines) is 1. The second kappa shape index (κ2) is 6.69. The van der Waals surface area contributed by atoms with Crippen molar-refractivity contribution >= 4 is 5.91 Å². The van der Waals surface area contributed by atoms with Gasteiger partial charge in [-0.3, -0.25) is 4.79 Å².